The van der Waals surface area contributed by atoms with Crippen molar-refractivity contribution < 1.29 is 13.2 Å². The van der Waals surface area contributed by atoms with Crippen molar-refractivity contribution in [2.24, 2.45) is 0 Å². The van der Waals surface area contributed by atoms with Crippen molar-refractivity contribution in [2.75, 3.05) is 6.54 Å². The highest BCUT2D eigenvalue weighted by Gasteiger charge is 2.33. The van der Waals surface area contributed by atoms with Gasteiger partial charge < -0.3 is 9.88 Å². The number of unbranched alkanes of at least 4 members (excludes halogenated alkanes) is 1. The summed E-state index contributed by atoms with van der Waals surface area (Å²) in [5, 5.41) is 0. The molecule has 0 spiro atoms. The number of hydrogen-bond donors (Lipinski definition) is 1. The van der Waals surface area contributed by atoms with Crippen molar-refractivity contribution in [1.82, 2.24) is 9.88 Å². The third kappa shape index (κ3) is 3.51. The largest absolute Gasteiger partial charge is 0.356 e. The molecule has 1 fully saturated rings. The van der Waals surface area contributed by atoms with Crippen LogP contribution in [0.3, 0.4) is 0 Å². The molecule has 0 bridgehead atoms. The van der Waals surface area contributed by atoms with Crippen molar-refractivity contribution in [1.29, 1.82) is 0 Å². The minimum Gasteiger partial charge on any atom is -0.356 e. The van der Waals surface area contributed by atoms with E-state index in [1.807, 2.05) is 4.90 Å². The lowest BCUT2D eigenvalue weighted by atomic mass is 10.3. The molecule has 1 heterocycles. The van der Waals surface area contributed by atoms with Crippen LogP contribution in [0, 0.1) is 0 Å². The minimum atomic E-state index is -3.79. The van der Waals surface area contributed by atoms with Gasteiger partial charge in [0.15, 0.2) is 0 Å². The number of rotatable bonds is 6. The SMILES string of the molecule is CCCCN(C(=O)c1cc(S(=O)(=O)Cl)c[nH]1)C1CC1. The van der Waals surface area contributed by atoms with E-state index >= 15 is 0 Å². The van der Waals surface area contributed by atoms with E-state index in [2.05, 4.69) is 11.9 Å². The highest BCUT2D eigenvalue weighted by molar-refractivity contribution is 8.13. The van der Waals surface area contributed by atoms with Gasteiger partial charge in [-0.2, -0.15) is 0 Å². The number of nitrogens with zero attached hydrogens (tertiary/aromatic N) is 1. The molecular weight excluding hydrogens is 288 g/mol. The van der Waals surface area contributed by atoms with Crippen LogP contribution in [0.2, 0.25) is 0 Å². The van der Waals surface area contributed by atoms with Crippen LogP contribution in [0.1, 0.15) is 43.1 Å². The van der Waals surface area contributed by atoms with E-state index in [0.717, 1.165) is 25.7 Å². The molecule has 0 saturated heterocycles. The number of aromatic nitrogens is 1. The summed E-state index contributed by atoms with van der Waals surface area (Å²) in [6.07, 6.45) is 5.26. The highest BCUT2D eigenvalue weighted by Crippen LogP contribution is 2.29. The monoisotopic (exact) mass is 304 g/mol. The number of nitrogens with one attached hydrogen (secondary N) is 1. The average Bonchev–Trinajstić information content (AvgIpc) is 3.04. The van der Waals surface area contributed by atoms with E-state index in [-0.39, 0.29) is 16.5 Å². The zero-order valence-electron chi connectivity index (χ0n) is 10.7. The van der Waals surface area contributed by atoms with Crippen LogP contribution in [-0.2, 0) is 9.05 Å². The predicted octanol–water partition coefficient (Wildman–Crippen LogP) is 2.35. The molecule has 0 atom stereocenters. The maximum atomic E-state index is 12.3. The van der Waals surface area contributed by atoms with Gasteiger partial charge in [0, 0.05) is 29.5 Å². The van der Waals surface area contributed by atoms with Crippen LogP contribution in [-0.4, -0.2) is 36.8 Å². The van der Waals surface area contributed by atoms with Gasteiger partial charge in [-0.25, -0.2) is 8.42 Å². The first-order chi connectivity index (χ1) is 8.93. The summed E-state index contributed by atoms with van der Waals surface area (Å²) >= 11 is 0. The molecule has 1 aromatic heterocycles. The molecule has 1 aliphatic rings. The first-order valence-electron chi connectivity index (χ1n) is 6.37. The van der Waals surface area contributed by atoms with Crippen LogP contribution in [0.15, 0.2) is 17.2 Å². The Morgan fingerprint density at radius 2 is 2.21 bits per heavy atom. The number of aromatic amines is 1. The Morgan fingerprint density at radius 3 is 2.68 bits per heavy atom. The molecule has 0 unspecified atom stereocenters. The van der Waals surface area contributed by atoms with Gasteiger partial charge in [0.25, 0.3) is 15.0 Å². The first kappa shape index (κ1) is 14.4. The molecule has 106 valence electrons. The number of carbonyl (C=O) groups excluding carboxylic acids is 1. The van der Waals surface area contributed by atoms with Crippen molar-refractivity contribution in [3.05, 3.63) is 18.0 Å². The zero-order valence-corrected chi connectivity index (χ0v) is 12.3. The van der Waals surface area contributed by atoms with Gasteiger partial charge in [0.1, 0.15) is 10.6 Å². The Hall–Kier alpha value is -1.01. The predicted molar refractivity (Wildman–Crippen MR) is 72.8 cm³/mol. The standard InChI is InChI=1S/C12H17ClN2O3S/c1-2-3-6-15(9-4-5-9)12(16)11-7-10(8-14-11)19(13,17)18/h7-9,14H,2-6H2,1H3. The number of H-pyrrole nitrogens is 1. The van der Waals surface area contributed by atoms with Crippen LogP contribution in [0.5, 0.6) is 0 Å². The van der Waals surface area contributed by atoms with E-state index in [4.69, 9.17) is 10.7 Å². The molecule has 0 aliphatic heterocycles. The summed E-state index contributed by atoms with van der Waals surface area (Å²) in [4.78, 5) is 16.8. The van der Waals surface area contributed by atoms with E-state index in [9.17, 15) is 13.2 Å². The molecule has 1 aliphatic carbocycles. The third-order valence-electron chi connectivity index (χ3n) is 3.17. The van der Waals surface area contributed by atoms with Crippen molar-refractivity contribution in [3.63, 3.8) is 0 Å². The fourth-order valence-electron chi connectivity index (χ4n) is 1.96. The van der Waals surface area contributed by atoms with Gasteiger partial charge in [0.2, 0.25) is 0 Å². The maximum absolute atomic E-state index is 12.3. The lowest BCUT2D eigenvalue weighted by molar-refractivity contribution is 0.0735. The molecular formula is C12H17ClN2O3S. The molecule has 1 saturated carbocycles. The molecule has 5 nitrogen and oxygen atoms in total. The second-order valence-electron chi connectivity index (χ2n) is 4.77. The minimum absolute atomic E-state index is 0.0660. The molecule has 2 rings (SSSR count). The second-order valence-corrected chi connectivity index (χ2v) is 7.34. The number of carbonyl (C=O) groups is 1. The van der Waals surface area contributed by atoms with Crippen LogP contribution in [0.4, 0.5) is 0 Å². The molecule has 0 aromatic carbocycles. The van der Waals surface area contributed by atoms with E-state index in [1.165, 1.54) is 12.3 Å². The summed E-state index contributed by atoms with van der Waals surface area (Å²) in [5.74, 6) is -0.150. The summed E-state index contributed by atoms with van der Waals surface area (Å²) in [6, 6.07) is 1.60. The number of hydrogen-bond acceptors (Lipinski definition) is 3. The molecule has 19 heavy (non-hydrogen) atoms. The van der Waals surface area contributed by atoms with Crippen molar-refractivity contribution >= 4 is 25.6 Å². The topological polar surface area (TPSA) is 70.2 Å². The molecule has 1 N–H and O–H groups in total. The van der Waals surface area contributed by atoms with Gasteiger partial charge in [-0.05, 0) is 25.3 Å². The van der Waals surface area contributed by atoms with Gasteiger partial charge in [-0.15, -0.1) is 0 Å². The molecule has 1 amide bonds. The van der Waals surface area contributed by atoms with E-state index < -0.39 is 9.05 Å². The summed E-state index contributed by atoms with van der Waals surface area (Å²) < 4.78 is 22.4. The van der Waals surface area contributed by atoms with E-state index in [1.54, 1.807) is 0 Å². The maximum Gasteiger partial charge on any atom is 0.270 e. The Balaban J connectivity index is 2.15. The lowest BCUT2D eigenvalue weighted by Crippen LogP contribution is -2.34. The number of halogens is 1. The zero-order chi connectivity index (χ0) is 14.0. The first-order valence-corrected chi connectivity index (χ1v) is 8.68. The van der Waals surface area contributed by atoms with Gasteiger partial charge in [-0.1, -0.05) is 13.3 Å². The quantitative estimate of drug-likeness (QED) is 0.820. The Kier molecular flexibility index (Phi) is 4.20. The fraction of sp³-hybridized carbons (Fsp3) is 0.583. The number of amides is 1. The van der Waals surface area contributed by atoms with E-state index in [0.29, 0.717) is 12.6 Å². The normalized spacial score (nSPS) is 15.5. The Morgan fingerprint density at radius 1 is 1.53 bits per heavy atom. The van der Waals surface area contributed by atoms with Crippen LogP contribution < -0.4 is 0 Å². The summed E-state index contributed by atoms with van der Waals surface area (Å²) in [5.41, 5.74) is 0.280. The van der Waals surface area contributed by atoms with Gasteiger partial charge in [0.05, 0.1) is 0 Å². The van der Waals surface area contributed by atoms with Gasteiger partial charge in [-0.3, -0.25) is 4.79 Å². The highest BCUT2D eigenvalue weighted by atomic mass is 35.7. The van der Waals surface area contributed by atoms with Gasteiger partial charge >= 0.3 is 0 Å². The molecule has 7 heteroatoms. The Bertz CT molecular complexity index is 563. The summed E-state index contributed by atoms with van der Waals surface area (Å²) in [6.45, 7) is 2.78. The van der Waals surface area contributed by atoms with Crippen LogP contribution >= 0.6 is 10.7 Å². The fourth-order valence-corrected chi connectivity index (χ4v) is 2.68. The Labute approximate surface area is 117 Å². The second kappa shape index (κ2) is 5.54. The van der Waals surface area contributed by atoms with Crippen LogP contribution in [0.25, 0.3) is 0 Å². The molecule has 1 aromatic rings. The van der Waals surface area contributed by atoms with Crippen molar-refractivity contribution in [2.45, 2.75) is 43.5 Å². The lowest BCUT2D eigenvalue weighted by Gasteiger charge is -2.21. The summed E-state index contributed by atoms with van der Waals surface area (Å²) in [7, 11) is 1.45. The average molecular weight is 305 g/mol. The van der Waals surface area contributed by atoms with Crippen molar-refractivity contribution in [3.8, 4) is 0 Å². The third-order valence-corrected chi connectivity index (χ3v) is 4.50. The smallest absolute Gasteiger partial charge is 0.270 e. The molecule has 0 radical (unpaired) electrons.